The lowest BCUT2D eigenvalue weighted by molar-refractivity contribution is -0.483. The van der Waals surface area contributed by atoms with Gasteiger partial charge in [0.2, 0.25) is 11.6 Å². The lowest BCUT2D eigenvalue weighted by Gasteiger charge is -2.56. The predicted molar refractivity (Wildman–Crippen MR) is 116 cm³/mol. The molecule has 0 amide bonds. The summed E-state index contributed by atoms with van der Waals surface area (Å²) in [5, 5.41) is 13.4. The van der Waals surface area contributed by atoms with E-state index >= 15 is 0 Å². The van der Waals surface area contributed by atoms with Crippen molar-refractivity contribution in [3.8, 4) is 0 Å². The van der Waals surface area contributed by atoms with Crippen molar-refractivity contribution in [3.63, 3.8) is 0 Å². The Morgan fingerprint density at radius 3 is 2.22 bits per heavy atom. The van der Waals surface area contributed by atoms with Gasteiger partial charge in [0.15, 0.2) is 6.29 Å². The third-order valence-corrected chi connectivity index (χ3v) is 6.54. The number of methoxy groups -OCH3 is 3. The van der Waals surface area contributed by atoms with Crippen LogP contribution in [0.3, 0.4) is 0 Å². The van der Waals surface area contributed by atoms with E-state index in [0.29, 0.717) is 6.61 Å². The maximum Gasteiger partial charge on any atom is 0.220 e. The molecule has 2 aliphatic heterocycles. The fourth-order valence-corrected chi connectivity index (χ4v) is 4.30. The molecular weight excluding hydrogens is 416 g/mol. The van der Waals surface area contributed by atoms with Gasteiger partial charge in [0.1, 0.15) is 24.4 Å². The fourth-order valence-electron chi connectivity index (χ4n) is 4.30. The molecule has 8 heteroatoms. The highest BCUT2D eigenvalue weighted by Gasteiger charge is 2.62. The number of aliphatic hydroxyl groups is 1. The van der Waals surface area contributed by atoms with Crippen molar-refractivity contribution in [2.75, 3.05) is 27.9 Å². The summed E-state index contributed by atoms with van der Waals surface area (Å²) < 4.78 is 40.8. The highest BCUT2D eigenvalue weighted by Crippen LogP contribution is 2.43. The summed E-state index contributed by atoms with van der Waals surface area (Å²) in [5.41, 5.74) is 1.04. The van der Waals surface area contributed by atoms with E-state index in [2.05, 4.69) is 24.3 Å². The number of hydrogen-bond acceptors (Lipinski definition) is 8. The van der Waals surface area contributed by atoms with Gasteiger partial charge in [-0.25, -0.2) is 0 Å². The topological polar surface area (TPSA) is 84.8 Å². The molecule has 4 rings (SSSR count). The van der Waals surface area contributed by atoms with Gasteiger partial charge in [0, 0.05) is 21.3 Å². The van der Waals surface area contributed by atoms with Gasteiger partial charge >= 0.3 is 0 Å². The molecule has 2 saturated heterocycles. The van der Waals surface area contributed by atoms with Gasteiger partial charge in [0.05, 0.1) is 13.2 Å². The van der Waals surface area contributed by atoms with Crippen LogP contribution in [0.5, 0.6) is 0 Å². The molecule has 0 spiro atoms. The summed E-state index contributed by atoms with van der Waals surface area (Å²) in [6.07, 6.45) is -3.92. The normalized spacial score (nSPS) is 37.4. The zero-order valence-electron chi connectivity index (χ0n) is 19.1. The Bertz CT molecular complexity index is 922. The molecule has 32 heavy (non-hydrogen) atoms. The van der Waals surface area contributed by atoms with Crippen LogP contribution in [0.4, 0.5) is 0 Å². The Hall–Kier alpha value is -1.62. The van der Waals surface area contributed by atoms with E-state index in [9.17, 15) is 5.11 Å². The summed E-state index contributed by atoms with van der Waals surface area (Å²) in [7, 11) is 4.53. The Morgan fingerprint density at radius 1 is 0.906 bits per heavy atom. The van der Waals surface area contributed by atoms with Crippen molar-refractivity contribution in [1.29, 1.82) is 0 Å². The van der Waals surface area contributed by atoms with Crippen molar-refractivity contribution in [1.82, 2.24) is 0 Å². The van der Waals surface area contributed by atoms with Crippen LogP contribution < -0.4 is 0 Å². The fraction of sp³-hybridized carbons (Fsp3) is 0.583. The van der Waals surface area contributed by atoms with Crippen LogP contribution >= 0.6 is 0 Å². The molecule has 2 fully saturated rings. The molecule has 0 unspecified atom stereocenters. The number of fused-ring (bicyclic) bond motifs is 2. The van der Waals surface area contributed by atoms with Gasteiger partial charge in [-0.2, -0.15) is 0 Å². The van der Waals surface area contributed by atoms with Gasteiger partial charge in [0.25, 0.3) is 0 Å². The first-order chi connectivity index (χ1) is 15.3. The zero-order valence-corrected chi connectivity index (χ0v) is 19.1. The number of rotatable bonds is 7. The van der Waals surface area contributed by atoms with Gasteiger partial charge < -0.3 is 38.3 Å². The van der Waals surface area contributed by atoms with Crippen LogP contribution in [0.1, 0.15) is 19.4 Å². The molecule has 2 aromatic carbocycles. The van der Waals surface area contributed by atoms with Crippen LogP contribution in [0.15, 0.2) is 42.5 Å². The third-order valence-electron chi connectivity index (χ3n) is 6.54. The van der Waals surface area contributed by atoms with E-state index in [0.717, 1.165) is 10.9 Å². The smallest absolute Gasteiger partial charge is 0.220 e. The minimum absolute atomic E-state index is 0.158. The molecule has 8 nitrogen and oxygen atoms in total. The van der Waals surface area contributed by atoms with Crippen molar-refractivity contribution < 1.29 is 38.3 Å². The largest absolute Gasteiger partial charge is 0.387 e. The zero-order chi connectivity index (χ0) is 22.9. The summed E-state index contributed by atoms with van der Waals surface area (Å²) >= 11 is 0. The number of hydrogen-bond donors (Lipinski definition) is 1. The molecule has 1 N–H and O–H groups in total. The Morgan fingerprint density at radius 2 is 1.56 bits per heavy atom. The Kier molecular flexibility index (Phi) is 6.86. The van der Waals surface area contributed by atoms with E-state index in [1.54, 1.807) is 13.8 Å². The molecule has 0 aliphatic carbocycles. The molecule has 0 radical (unpaired) electrons. The second-order valence-corrected chi connectivity index (χ2v) is 8.43. The first-order valence-corrected chi connectivity index (χ1v) is 10.7. The van der Waals surface area contributed by atoms with Crippen molar-refractivity contribution in [3.05, 3.63) is 48.0 Å². The molecule has 2 aromatic rings. The average molecular weight is 449 g/mol. The highest BCUT2D eigenvalue weighted by atomic mass is 16.8. The van der Waals surface area contributed by atoms with E-state index in [-0.39, 0.29) is 6.61 Å². The van der Waals surface area contributed by atoms with Gasteiger partial charge in [-0.15, -0.1) is 0 Å². The SMILES string of the molecule is CO[C@H]1O[C@H](COCc2ccc3ccccc3c2)[C@@H](O)[C@@H]2O[C@@](C)(OC)[C@](C)(OC)O[C@@H]12. The third kappa shape index (κ3) is 4.18. The summed E-state index contributed by atoms with van der Waals surface area (Å²) in [6, 6.07) is 14.4. The van der Waals surface area contributed by atoms with Crippen LogP contribution in [0.2, 0.25) is 0 Å². The van der Waals surface area contributed by atoms with E-state index in [1.807, 2.05) is 18.2 Å². The van der Waals surface area contributed by atoms with E-state index < -0.39 is 42.3 Å². The number of benzene rings is 2. The molecule has 0 saturated carbocycles. The minimum Gasteiger partial charge on any atom is -0.387 e. The monoisotopic (exact) mass is 448 g/mol. The second kappa shape index (κ2) is 9.32. The van der Waals surface area contributed by atoms with E-state index in [4.69, 9.17) is 33.2 Å². The quantitative estimate of drug-likeness (QED) is 0.692. The molecule has 176 valence electrons. The molecule has 0 bridgehead atoms. The molecule has 2 aliphatic rings. The van der Waals surface area contributed by atoms with Crippen molar-refractivity contribution >= 4 is 10.8 Å². The molecule has 2 heterocycles. The Balaban J connectivity index is 1.44. The maximum atomic E-state index is 11.0. The lowest BCUT2D eigenvalue weighted by atomic mass is 9.94. The van der Waals surface area contributed by atoms with Crippen LogP contribution in [0.25, 0.3) is 10.8 Å². The summed E-state index contributed by atoms with van der Waals surface area (Å²) in [6.45, 7) is 3.97. The van der Waals surface area contributed by atoms with Gasteiger partial charge in [-0.1, -0.05) is 36.4 Å². The summed E-state index contributed by atoms with van der Waals surface area (Å²) in [5.74, 6) is -2.46. The van der Waals surface area contributed by atoms with Crippen LogP contribution in [-0.2, 0) is 39.8 Å². The van der Waals surface area contributed by atoms with Crippen LogP contribution in [-0.4, -0.2) is 75.3 Å². The molecule has 7 atom stereocenters. The standard InChI is InChI=1S/C24H32O8/c1-23(27-4)24(2,28-5)32-21-20(31-23)19(25)18(30-22(21)26-3)14-29-13-15-10-11-16-8-6-7-9-17(16)12-15/h6-12,18-22,25H,13-14H2,1-5H3/t18-,19-,20+,21-,22+,23-,24-/m1/s1. The maximum absolute atomic E-state index is 11.0. The Labute approximate surface area is 188 Å². The van der Waals surface area contributed by atoms with E-state index in [1.165, 1.54) is 26.7 Å². The first-order valence-electron chi connectivity index (χ1n) is 10.7. The minimum atomic E-state index is -1.24. The summed E-state index contributed by atoms with van der Waals surface area (Å²) in [4.78, 5) is 0. The molecule has 0 aromatic heterocycles. The predicted octanol–water partition coefficient (Wildman–Crippen LogP) is 2.60. The van der Waals surface area contributed by atoms with Gasteiger partial charge in [-0.05, 0) is 36.2 Å². The van der Waals surface area contributed by atoms with Crippen molar-refractivity contribution in [2.45, 2.75) is 62.7 Å². The highest BCUT2D eigenvalue weighted by molar-refractivity contribution is 5.82. The number of aliphatic hydroxyl groups excluding tert-OH is 1. The second-order valence-electron chi connectivity index (χ2n) is 8.43. The van der Waals surface area contributed by atoms with Crippen LogP contribution in [0, 0.1) is 0 Å². The average Bonchev–Trinajstić information content (AvgIpc) is 2.81. The number of ether oxygens (including phenoxy) is 7. The molecular formula is C24H32O8. The lowest BCUT2D eigenvalue weighted by Crippen LogP contribution is -2.73. The van der Waals surface area contributed by atoms with Gasteiger partial charge in [-0.3, -0.25) is 0 Å². The van der Waals surface area contributed by atoms with Crippen molar-refractivity contribution in [2.24, 2.45) is 0 Å². The first kappa shape index (κ1) is 23.5.